The first-order chi connectivity index (χ1) is 21.9. The van der Waals surface area contributed by atoms with Crippen LogP contribution >= 0.6 is 0 Å². The number of carbonyl (C=O) groups excluding carboxylic acids is 1. The molecule has 0 radical (unpaired) electrons. The molecule has 1 saturated heterocycles. The minimum absolute atomic E-state index is 0.0620. The predicted octanol–water partition coefficient (Wildman–Crippen LogP) is 5.23. The molecule has 1 fully saturated rings. The number of amides is 1. The number of benzene rings is 2. The van der Waals surface area contributed by atoms with Crippen LogP contribution in [-0.2, 0) is 28.5 Å². The summed E-state index contributed by atoms with van der Waals surface area (Å²) in [4.78, 5) is 47.0. The molecule has 0 spiro atoms. The Kier molecular flexibility index (Phi) is 11.7. The van der Waals surface area contributed by atoms with E-state index in [1.807, 2.05) is 31.0 Å². The smallest absolute Gasteiger partial charge is 0.416 e. The van der Waals surface area contributed by atoms with Crippen molar-refractivity contribution in [1.82, 2.24) is 19.8 Å². The summed E-state index contributed by atoms with van der Waals surface area (Å²) in [5.74, 6) is -2.71. The predicted molar refractivity (Wildman–Crippen MR) is 159 cm³/mol. The van der Waals surface area contributed by atoms with Gasteiger partial charge in [0.2, 0.25) is 5.95 Å². The number of rotatable bonds is 7. The Hall–Kier alpha value is -4.99. The van der Waals surface area contributed by atoms with Crippen LogP contribution in [-0.4, -0.2) is 88.1 Å². The van der Waals surface area contributed by atoms with E-state index in [0.29, 0.717) is 54.6 Å². The van der Waals surface area contributed by atoms with Gasteiger partial charge in [0.1, 0.15) is 0 Å². The normalized spacial score (nSPS) is 14.0. The summed E-state index contributed by atoms with van der Waals surface area (Å²) in [6.45, 7) is 4.36. The summed E-state index contributed by atoms with van der Waals surface area (Å²) in [7, 11) is 3.32. The van der Waals surface area contributed by atoms with Crippen molar-refractivity contribution in [2.45, 2.75) is 25.8 Å². The van der Waals surface area contributed by atoms with Gasteiger partial charge >= 0.3 is 24.3 Å². The van der Waals surface area contributed by atoms with Gasteiger partial charge in [0.15, 0.2) is 0 Å². The van der Waals surface area contributed by atoms with E-state index in [2.05, 4.69) is 9.88 Å². The maximum absolute atomic E-state index is 13.5. The molecule has 252 valence electrons. The summed E-state index contributed by atoms with van der Waals surface area (Å²) in [5.41, 5.74) is -1.24. The Bertz CT molecular complexity index is 1590. The monoisotopic (exact) mass is 667 g/mol. The summed E-state index contributed by atoms with van der Waals surface area (Å²) >= 11 is 0. The van der Waals surface area contributed by atoms with Crippen molar-refractivity contribution in [3.63, 3.8) is 0 Å². The molecule has 0 saturated carbocycles. The Balaban J connectivity index is 0.000000665. The van der Waals surface area contributed by atoms with Crippen LogP contribution in [0, 0.1) is 6.92 Å². The molecule has 16 heteroatoms. The highest BCUT2D eigenvalue weighted by Crippen LogP contribution is 2.37. The highest BCUT2D eigenvalue weighted by molar-refractivity contribution is 6.00. The van der Waals surface area contributed by atoms with Crippen LogP contribution in [0.1, 0.15) is 32.6 Å². The Morgan fingerprint density at radius 1 is 0.894 bits per heavy atom. The van der Waals surface area contributed by atoms with Crippen LogP contribution in [0.25, 0.3) is 11.3 Å². The molecule has 47 heavy (non-hydrogen) atoms. The van der Waals surface area contributed by atoms with E-state index < -0.39 is 47.9 Å². The molecule has 0 atom stereocenters. The number of likely N-dealkylation sites (N-methyl/N-ethyl adjacent to an activating group) is 1. The van der Waals surface area contributed by atoms with Gasteiger partial charge in [-0.2, -0.15) is 26.3 Å². The number of aryl methyl sites for hydroxylation is 1. The van der Waals surface area contributed by atoms with E-state index in [4.69, 9.17) is 15.2 Å². The number of hydrogen-bond acceptors (Lipinski definition) is 7. The SMILES string of the molecule is Cc1ccccc1-c1nc(N2CCN(C)CC2)ncc1C(=O)N(C)Cc1cc(C(F)(F)F)cc(C(F)(F)F)c1.O=C(O)/C=C/C(=O)O. The fourth-order valence-electron chi connectivity index (χ4n) is 4.54. The lowest BCUT2D eigenvalue weighted by molar-refractivity contribution is -0.143. The Morgan fingerprint density at radius 3 is 1.91 bits per heavy atom. The number of piperazine rings is 1. The number of nitrogens with zero attached hydrogens (tertiary/aromatic N) is 5. The summed E-state index contributed by atoms with van der Waals surface area (Å²) in [6.07, 6.45) is -7.48. The number of carbonyl (C=O) groups is 3. The molecule has 10 nitrogen and oxygen atoms in total. The van der Waals surface area contributed by atoms with E-state index in [1.165, 1.54) is 13.2 Å². The van der Waals surface area contributed by atoms with Gasteiger partial charge in [-0.05, 0) is 43.3 Å². The first-order valence-electron chi connectivity index (χ1n) is 13.9. The molecular weight excluding hydrogens is 636 g/mol. The van der Waals surface area contributed by atoms with Gasteiger partial charge in [-0.15, -0.1) is 0 Å². The molecule has 1 aliphatic heterocycles. The van der Waals surface area contributed by atoms with Crippen LogP contribution in [0.2, 0.25) is 0 Å². The molecule has 2 heterocycles. The number of aliphatic carboxylic acids is 2. The lowest BCUT2D eigenvalue weighted by Crippen LogP contribution is -2.45. The molecule has 0 unspecified atom stereocenters. The van der Waals surface area contributed by atoms with Crippen molar-refractivity contribution in [2.75, 3.05) is 45.2 Å². The van der Waals surface area contributed by atoms with Crippen molar-refractivity contribution in [3.8, 4) is 11.3 Å². The molecule has 1 amide bonds. The van der Waals surface area contributed by atoms with E-state index in [0.717, 1.165) is 23.6 Å². The minimum atomic E-state index is -4.98. The van der Waals surface area contributed by atoms with E-state index >= 15 is 0 Å². The third kappa shape index (κ3) is 10.3. The van der Waals surface area contributed by atoms with E-state index in [-0.39, 0.29) is 17.2 Å². The highest BCUT2D eigenvalue weighted by Gasteiger charge is 2.37. The molecule has 1 aromatic heterocycles. The molecule has 1 aliphatic rings. The zero-order valence-corrected chi connectivity index (χ0v) is 25.4. The fraction of sp³-hybridized carbons (Fsp3) is 0.323. The molecule has 0 aliphatic carbocycles. The number of alkyl halides is 6. The van der Waals surface area contributed by atoms with Gasteiger partial charge in [0.25, 0.3) is 5.91 Å². The zero-order chi connectivity index (χ0) is 35.1. The molecule has 3 aromatic rings. The standard InChI is InChI=1S/C27H27F6N5O.C4H4O4/c1-17-6-4-5-7-21(17)23-22(15-34-25(35-23)38-10-8-36(2)9-11-38)24(39)37(3)16-18-12-19(26(28,29)30)14-20(13-18)27(31,32)33;5-3(6)1-2-4(7)8/h4-7,12-15H,8-11,16H2,1-3H3;1-2H,(H,5,6)(H,7,8)/b;2-1+. The van der Waals surface area contributed by atoms with Gasteiger partial charge in [-0.25, -0.2) is 19.6 Å². The van der Waals surface area contributed by atoms with Gasteiger partial charge < -0.3 is 24.9 Å². The second-order valence-electron chi connectivity index (χ2n) is 10.6. The summed E-state index contributed by atoms with van der Waals surface area (Å²) in [6, 6.07) is 8.58. The number of hydrogen-bond donors (Lipinski definition) is 2. The molecule has 2 N–H and O–H groups in total. The molecule has 4 rings (SSSR count). The number of carboxylic acid groups (broad SMARTS) is 2. The maximum Gasteiger partial charge on any atom is 0.416 e. The Morgan fingerprint density at radius 2 is 1.43 bits per heavy atom. The zero-order valence-electron chi connectivity index (χ0n) is 25.4. The van der Waals surface area contributed by atoms with Gasteiger partial charge in [-0.3, -0.25) is 4.79 Å². The summed E-state index contributed by atoms with van der Waals surface area (Å²) in [5, 5.41) is 15.6. The van der Waals surface area contributed by atoms with Gasteiger partial charge in [0.05, 0.1) is 22.4 Å². The molecule has 2 aromatic carbocycles. The van der Waals surface area contributed by atoms with Crippen LogP contribution in [0.3, 0.4) is 0 Å². The Labute approximate surface area is 265 Å². The van der Waals surface area contributed by atoms with Crippen LogP contribution in [0.4, 0.5) is 32.3 Å². The average molecular weight is 668 g/mol. The first kappa shape index (κ1) is 36.5. The van der Waals surface area contributed by atoms with Crippen molar-refractivity contribution in [1.29, 1.82) is 0 Å². The summed E-state index contributed by atoms with van der Waals surface area (Å²) < 4.78 is 79.9. The van der Waals surface area contributed by atoms with Crippen molar-refractivity contribution < 1.29 is 50.9 Å². The van der Waals surface area contributed by atoms with E-state index in [1.54, 1.807) is 12.1 Å². The number of aromatic nitrogens is 2. The van der Waals surface area contributed by atoms with Crippen LogP contribution in [0.5, 0.6) is 0 Å². The second kappa shape index (κ2) is 15.1. The average Bonchev–Trinajstić information content (AvgIpc) is 2.99. The number of halogens is 6. The van der Waals surface area contributed by atoms with Crippen molar-refractivity contribution >= 4 is 23.8 Å². The highest BCUT2D eigenvalue weighted by atomic mass is 19.4. The number of anilines is 1. The lowest BCUT2D eigenvalue weighted by Gasteiger charge is -2.32. The van der Waals surface area contributed by atoms with Gasteiger partial charge in [0, 0.05) is 63.7 Å². The quantitative estimate of drug-likeness (QED) is 0.258. The lowest BCUT2D eigenvalue weighted by atomic mass is 10.0. The molecular formula is C31H31F6N5O5. The maximum atomic E-state index is 13.5. The van der Waals surface area contributed by atoms with Gasteiger partial charge in [-0.1, -0.05) is 24.3 Å². The second-order valence-corrected chi connectivity index (χ2v) is 10.6. The van der Waals surface area contributed by atoms with Crippen molar-refractivity contribution in [2.24, 2.45) is 0 Å². The fourth-order valence-corrected chi connectivity index (χ4v) is 4.54. The third-order valence-electron chi connectivity index (χ3n) is 6.98. The largest absolute Gasteiger partial charge is 0.478 e. The minimum Gasteiger partial charge on any atom is -0.478 e. The first-order valence-corrected chi connectivity index (χ1v) is 13.9. The van der Waals surface area contributed by atoms with Crippen LogP contribution < -0.4 is 4.90 Å². The van der Waals surface area contributed by atoms with Crippen LogP contribution in [0.15, 0.2) is 60.8 Å². The topological polar surface area (TPSA) is 127 Å². The number of carboxylic acids is 2. The molecule has 0 bridgehead atoms. The van der Waals surface area contributed by atoms with Crippen molar-refractivity contribution in [3.05, 3.63) is 88.6 Å². The van der Waals surface area contributed by atoms with E-state index in [9.17, 15) is 40.7 Å². The third-order valence-corrected chi connectivity index (χ3v) is 6.98.